The van der Waals surface area contributed by atoms with E-state index in [9.17, 15) is 4.79 Å². The van der Waals surface area contributed by atoms with Gasteiger partial charge in [-0.15, -0.1) is 0 Å². The highest BCUT2D eigenvalue weighted by Gasteiger charge is 2.18. The Labute approximate surface area is 150 Å². The van der Waals surface area contributed by atoms with Crippen molar-refractivity contribution in [3.63, 3.8) is 0 Å². The summed E-state index contributed by atoms with van der Waals surface area (Å²) in [6.07, 6.45) is 0. The molecule has 1 amide bonds. The number of anilines is 1. The zero-order valence-electron chi connectivity index (χ0n) is 13.5. The Morgan fingerprint density at radius 2 is 2.00 bits per heavy atom. The molecule has 0 aliphatic rings. The standard InChI is InChI=1S/C15H18ClN5O2S/c1-4-23-11-7-5-10(6-8-11)17-15(24)19-18-14(22)13-12(16)9(2)20-21(13)3/h5-8H,4H2,1-3H3,(H,18,22)(H2,17,19,24). The first-order valence-electron chi connectivity index (χ1n) is 7.21. The van der Waals surface area contributed by atoms with Crippen molar-refractivity contribution in [2.45, 2.75) is 13.8 Å². The second-order valence-corrected chi connectivity index (χ2v) is 5.65. The molecule has 0 saturated carbocycles. The van der Waals surface area contributed by atoms with Crippen molar-refractivity contribution >= 4 is 40.5 Å². The number of benzene rings is 1. The Morgan fingerprint density at radius 1 is 1.33 bits per heavy atom. The smallest absolute Gasteiger partial charge is 0.289 e. The van der Waals surface area contributed by atoms with E-state index in [0.717, 1.165) is 11.4 Å². The van der Waals surface area contributed by atoms with Gasteiger partial charge in [0.05, 0.1) is 17.3 Å². The lowest BCUT2D eigenvalue weighted by Gasteiger charge is -2.12. The molecule has 1 aromatic heterocycles. The van der Waals surface area contributed by atoms with Crippen LogP contribution in [0.25, 0.3) is 0 Å². The number of hydrogen-bond donors (Lipinski definition) is 3. The maximum Gasteiger partial charge on any atom is 0.289 e. The van der Waals surface area contributed by atoms with E-state index in [1.54, 1.807) is 14.0 Å². The predicted octanol–water partition coefficient (Wildman–Crippen LogP) is 2.41. The largest absolute Gasteiger partial charge is 0.494 e. The lowest BCUT2D eigenvalue weighted by atomic mass is 10.3. The number of aromatic nitrogens is 2. The summed E-state index contributed by atoms with van der Waals surface area (Å²) in [5, 5.41) is 7.58. The van der Waals surface area contributed by atoms with Gasteiger partial charge in [-0.05, 0) is 50.3 Å². The van der Waals surface area contributed by atoms with Crippen LogP contribution in [0.15, 0.2) is 24.3 Å². The lowest BCUT2D eigenvalue weighted by molar-refractivity contribution is 0.0935. The first-order chi connectivity index (χ1) is 11.4. The monoisotopic (exact) mass is 367 g/mol. The normalized spacial score (nSPS) is 10.2. The van der Waals surface area contributed by atoms with Gasteiger partial charge in [0.25, 0.3) is 5.91 Å². The summed E-state index contributed by atoms with van der Waals surface area (Å²) in [4.78, 5) is 12.2. The number of halogens is 1. The van der Waals surface area contributed by atoms with Crippen LogP contribution in [0.2, 0.25) is 5.02 Å². The highest BCUT2D eigenvalue weighted by atomic mass is 35.5. The predicted molar refractivity (Wildman–Crippen MR) is 97.4 cm³/mol. The number of hydrogen-bond acceptors (Lipinski definition) is 4. The van der Waals surface area contributed by atoms with E-state index in [1.807, 2.05) is 31.2 Å². The number of nitrogens with zero attached hydrogens (tertiary/aromatic N) is 2. The molecule has 128 valence electrons. The molecule has 0 aliphatic carbocycles. The molecule has 9 heteroatoms. The third-order valence-electron chi connectivity index (χ3n) is 3.08. The van der Waals surface area contributed by atoms with Crippen LogP contribution in [0.3, 0.4) is 0 Å². The highest BCUT2D eigenvalue weighted by molar-refractivity contribution is 7.80. The first kappa shape index (κ1) is 18.0. The number of nitrogens with one attached hydrogen (secondary N) is 3. The molecule has 0 spiro atoms. The quantitative estimate of drug-likeness (QED) is 0.569. The Kier molecular flexibility index (Phi) is 5.99. The second kappa shape index (κ2) is 7.98. The van der Waals surface area contributed by atoms with Gasteiger partial charge in [0, 0.05) is 12.7 Å². The van der Waals surface area contributed by atoms with E-state index in [-0.39, 0.29) is 10.8 Å². The molecule has 0 bridgehead atoms. The molecular weight excluding hydrogens is 350 g/mol. The molecule has 0 aliphatic heterocycles. The number of thiocarbonyl (C=S) groups is 1. The van der Waals surface area contributed by atoms with Crippen LogP contribution in [0.1, 0.15) is 23.1 Å². The number of carbonyl (C=O) groups is 1. The van der Waals surface area contributed by atoms with Crippen LogP contribution < -0.4 is 20.9 Å². The Morgan fingerprint density at radius 3 is 2.54 bits per heavy atom. The molecule has 0 saturated heterocycles. The number of ether oxygens (including phenoxy) is 1. The van der Waals surface area contributed by atoms with Crippen molar-refractivity contribution in [1.82, 2.24) is 20.6 Å². The SMILES string of the molecule is CCOc1ccc(NC(=S)NNC(=O)c2c(Cl)c(C)nn2C)cc1. The fourth-order valence-electron chi connectivity index (χ4n) is 2.02. The average Bonchev–Trinajstić information content (AvgIpc) is 2.80. The maximum absolute atomic E-state index is 12.2. The Hall–Kier alpha value is -2.32. The van der Waals surface area contributed by atoms with Gasteiger partial charge in [-0.2, -0.15) is 5.10 Å². The molecule has 0 unspecified atom stereocenters. The van der Waals surface area contributed by atoms with Gasteiger partial charge >= 0.3 is 0 Å². The van der Waals surface area contributed by atoms with Crippen molar-refractivity contribution < 1.29 is 9.53 Å². The summed E-state index contributed by atoms with van der Waals surface area (Å²) in [7, 11) is 1.64. The van der Waals surface area contributed by atoms with E-state index in [1.165, 1.54) is 4.68 Å². The van der Waals surface area contributed by atoms with Gasteiger partial charge in [0.15, 0.2) is 5.11 Å². The van der Waals surface area contributed by atoms with E-state index >= 15 is 0 Å². The van der Waals surface area contributed by atoms with Crippen molar-refractivity contribution in [2.24, 2.45) is 7.05 Å². The molecule has 0 fully saturated rings. The van der Waals surface area contributed by atoms with Crippen molar-refractivity contribution in [3.05, 3.63) is 40.7 Å². The second-order valence-electron chi connectivity index (χ2n) is 4.86. The Bertz CT molecular complexity index is 745. The Balaban J connectivity index is 1.89. The summed E-state index contributed by atoms with van der Waals surface area (Å²) in [5.41, 5.74) is 6.71. The van der Waals surface area contributed by atoms with Crippen LogP contribution in [0.4, 0.5) is 5.69 Å². The van der Waals surface area contributed by atoms with Crippen molar-refractivity contribution in [1.29, 1.82) is 0 Å². The first-order valence-corrected chi connectivity index (χ1v) is 8.00. The highest BCUT2D eigenvalue weighted by Crippen LogP contribution is 2.19. The van der Waals surface area contributed by atoms with Crippen molar-refractivity contribution in [3.8, 4) is 5.75 Å². The number of hydrazine groups is 1. The molecule has 0 radical (unpaired) electrons. The number of aryl methyl sites for hydroxylation is 2. The minimum Gasteiger partial charge on any atom is -0.494 e. The zero-order valence-corrected chi connectivity index (χ0v) is 15.1. The van der Waals surface area contributed by atoms with E-state index in [0.29, 0.717) is 17.3 Å². The molecule has 24 heavy (non-hydrogen) atoms. The molecule has 2 rings (SSSR count). The summed E-state index contributed by atoms with van der Waals surface area (Å²) in [5.74, 6) is 0.343. The summed E-state index contributed by atoms with van der Waals surface area (Å²) in [6, 6.07) is 7.29. The van der Waals surface area contributed by atoms with Crippen LogP contribution in [-0.4, -0.2) is 27.4 Å². The van der Waals surface area contributed by atoms with Crippen LogP contribution in [0.5, 0.6) is 5.75 Å². The topological polar surface area (TPSA) is 80.2 Å². The lowest BCUT2D eigenvalue weighted by Crippen LogP contribution is -2.44. The van der Waals surface area contributed by atoms with E-state index in [4.69, 9.17) is 28.6 Å². The zero-order chi connectivity index (χ0) is 17.7. The molecule has 2 aromatic rings. The van der Waals surface area contributed by atoms with Gasteiger partial charge < -0.3 is 10.1 Å². The van der Waals surface area contributed by atoms with E-state index in [2.05, 4.69) is 21.3 Å². The van der Waals surface area contributed by atoms with Crippen molar-refractivity contribution in [2.75, 3.05) is 11.9 Å². The molecule has 1 heterocycles. The molecular formula is C15H18ClN5O2S. The van der Waals surface area contributed by atoms with E-state index < -0.39 is 5.91 Å². The third-order valence-corrected chi connectivity index (χ3v) is 3.73. The summed E-state index contributed by atoms with van der Waals surface area (Å²) >= 11 is 11.2. The number of carbonyl (C=O) groups excluding carboxylic acids is 1. The van der Waals surface area contributed by atoms with Gasteiger partial charge in [0.2, 0.25) is 0 Å². The molecule has 0 atom stereocenters. The van der Waals surface area contributed by atoms with Crippen LogP contribution in [-0.2, 0) is 7.05 Å². The molecule has 1 aromatic carbocycles. The maximum atomic E-state index is 12.2. The van der Waals surface area contributed by atoms with Gasteiger partial charge in [-0.25, -0.2) is 0 Å². The molecule has 7 nitrogen and oxygen atoms in total. The molecule has 3 N–H and O–H groups in total. The number of amides is 1. The third kappa shape index (κ3) is 4.36. The fourth-order valence-corrected chi connectivity index (χ4v) is 2.43. The minimum atomic E-state index is -0.432. The number of rotatable bonds is 4. The van der Waals surface area contributed by atoms with Crippen LogP contribution in [0, 0.1) is 6.92 Å². The van der Waals surface area contributed by atoms with Gasteiger partial charge in [-0.1, -0.05) is 11.6 Å². The summed E-state index contributed by atoms with van der Waals surface area (Å²) < 4.78 is 6.78. The van der Waals surface area contributed by atoms with Gasteiger partial charge in [-0.3, -0.25) is 20.3 Å². The van der Waals surface area contributed by atoms with Gasteiger partial charge in [0.1, 0.15) is 11.4 Å². The van der Waals surface area contributed by atoms with Crippen LogP contribution >= 0.6 is 23.8 Å². The summed E-state index contributed by atoms with van der Waals surface area (Å²) in [6.45, 7) is 4.25. The average molecular weight is 368 g/mol. The minimum absolute atomic E-state index is 0.238. The fraction of sp³-hybridized carbons (Fsp3) is 0.267.